The normalized spacial score (nSPS) is 13.2. The summed E-state index contributed by atoms with van der Waals surface area (Å²) in [6.07, 6.45) is 2.97. The summed E-state index contributed by atoms with van der Waals surface area (Å²) in [5, 5.41) is 3.47. The van der Waals surface area contributed by atoms with Crippen molar-refractivity contribution in [1.29, 1.82) is 0 Å². The van der Waals surface area contributed by atoms with Gasteiger partial charge in [0.1, 0.15) is 5.76 Å². The second-order valence-electron chi connectivity index (χ2n) is 5.01. The van der Waals surface area contributed by atoms with Crippen molar-refractivity contribution in [3.8, 4) is 0 Å². The van der Waals surface area contributed by atoms with Gasteiger partial charge < -0.3 is 14.6 Å². The molecule has 1 unspecified atom stereocenters. The van der Waals surface area contributed by atoms with E-state index in [0.717, 1.165) is 31.9 Å². The summed E-state index contributed by atoms with van der Waals surface area (Å²) in [7, 11) is 2.17. The summed E-state index contributed by atoms with van der Waals surface area (Å²) < 4.78 is 5.31. The molecule has 0 saturated heterocycles. The first kappa shape index (κ1) is 14.3. The topological polar surface area (TPSA) is 28.4 Å². The fourth-order valence-corrected chi connectivity index (χ4v) is 2.05. The fraction of sp³-hybridized carbons (Fsp3) is 0.714. The van der Waals surface area contributed by atoms with Crippen LogP contribution in [0.1, 0.15) is 31.6 Å². The van der Waals surface area contributed by atoms with Crippen LogP contribution < -0.4 is 5.32 Å². The highest BCUT2D eigenvalue weighted by Crippen LogP contribution is 2.11. The van der Waals surface area contributed by atoms with E-state index in [1.165, 1.54) is 12.0 Å². The van der Waals surface area contributed by atoms with Crippen molar-refractivity contribution in [2.24, 2.45) is 5.92 Å². The van der Waals surface area contributed by atoms with E-state index in [-0.39, 0.29) is 0 Å². The zero-order chi connectivity index (χ0) is 12.7. The smallest absolute Gasteiger partial charge is 0.105 e. The highest BCUT2D eigenvalue weighted by atomic mass is 16.3. The maximum atomic E-state index is 5.31. The second-order valence-corrected chi connectivity index (χ2v) is 5.01. The van der Waals surface area contributed by atoms with Gasteiger partial charge in [0, 0.05) is 18.7 Å². The van der Waals surface area contributed by atoms with E-state index in [9.17, 15) is 0 Å². The van der Waals surface area contributed by atoms with Crippen LogP contribution in [0.15, 0.2) is 16.7 Å². The standard InChI is InChI=1S/C14H26N2O/c1-5-7-15-9-12(2)10-16(4)11-14-6-8-17-13(14)3/h6,8,12,15H,5,7,9-11H2,1-4H3. The molecule has 1 aromatic rings. The number of hydrogen-bond acceptors (Lipinski definition) is 3. The highest BCUT2D eigenvalue weighted by molar-refractivity contribution is 5.14. The molecule has 1 heterocycles. The summed E-state index contributed by atoms with van der Waals surface area (Å²) in [5.41, 5.74) is 1.29. The minimum absolute atomic E-state index is 0.679. The maximum absolute atomic E-state index is 5.31. The maximum Gasteiger partial charge on any atom is 0.105 e. The Morgan fingerprint density at radius 1 is 1.47 bits per heavy atom. The fourth-order valence-electron chi connectivity index (χ4n) is 2.05. The van der Waals surface area contributed by atoms with Gasteiger partial charge in [-0.25, -0.2) is 0 Å². The van der Waals surface area contributed by atoms with E-state index in [1.807, 2.05) is 6.92 Å². The summed E-state index contributed by atoms with van der Waals surface area (Å²) in [6.45, 7) is 10.8. The van der Waals surface area contributed by atoms with Gasteiger partial charge >= 0.3 is 0 Å². The molecular formula is C14H26N2O. The molecule has 0 aliphatic heterocycles. The second kappa shape index (κ2) is 7.51. The quantitative estimate of drug-likeness (QED) is 0.706. The summed E-state index contributed by atoms with van der Waals surface area (Å²) in [4.78, 5) is 2.36. The Morgan fingerprint density at radius 3 is 2.82 bits per heavy atom. The highest BCUT2D eigenvalue weighted by Gasteiger charge is 2.09. The van der Waals surface area contributed by atoms with Crippen molar-refractivity contribution in [3.63, 3.8) is 0 Å². The monoisotopic (exact) mass is 238 g/mol. The number of rotatable bonds is 8. The molecule has 17 heavy (non-hydrogen) atoms. The number of nitrogens with one attached hydrogen (secondary N) is 1. The lowest BCUT2D eigenvalue weighted by molar-refractivity contribution is 0.272. The number of nitrogens with zero attached hydrogens (tertiary/aromatic N) is 1. The van der Waals surface area contributed by atoms with Crippen molar-refractivity contribution in [2.45, 2.75) is 33.7 Å². The molecule has 0 amide bonds. The van der Waals surface area contributed by atoms with E-state index >= 15 is 0 Å². The van der Waals surface area contributed by atoms with E-state index in [4.69, 9.17) is 4.42 Å². The van der Waals surface area contributed by atoms with Crippen molar-refractivity contribution >= 4 is 0 Å². The van der Waals surface area contributed by atoms with Crippen LogP contribution in [0.3, 0.4) is 0 Å². The van der Waals surface area contributed by atoms with Gasteiger partial charge in [-0.05, 0) is 45.5 Å². The molecule has 0 spiro atoms. The number of hydrogen-bond donors (Lipinski definition) is 1. The number of furan rings is 1. The zero-order valence-electron chi connectivity index (χ0n) is 11.6. The van der Waals surface area contributed by atoms with Crippen molar-refractivity contribution in [2.75, 3.05) is 26.7 Å². The van der Waals surface area contributed by atoms with Gasteiger partial charge in [-0.15, -0.1) is 0 Å². The third kappa shape index (κ3) is 5.37. The Labute approximate surface area is 105 Å². The number of aryl methyl sites for hydroxylation is 1. The van der Waals surface area contributed by atoms with Gasteiger partial charge in [0.15, 0.2) is 0 Å². The molecule has 1 N–H and O–H groups in total. The summed E-state index contributed by atoms with van der Waals surface area (Å²) in [6, 6.07) is 2.06. The van der Waals surface area contributed by atoms with Crippen LogP contribution >= 0.6 is 0 Å². The molecule has 1 atom stereocenters. The molecule has 98 valence electrons. The lowest BCUT2D eigenvalue weighted by atomic mass is 10.1. The molecular weight excluding hydrogens is 212 g/mol. The van der Waals surface area contributed by atoms with Crippen LogP contribution in [-0.4, -0.2) is 31.6 Å². The van der Waals surface area contributed by atoms with E-state index in [1.54, 1.807) is 6.26 Å². The first-order chi connectivity index (χ1) is 8.13. The Bertz CT molecular complexity index is 309. The predicted molar refractivity (Wildman–Crippen MR) is 72.1 cm³/mol. The first-order valence-corrected chi connectivity index (χ1v) is 6.55. The third-order valence-corrected chi connectivity index (χ3v) is 2.95. The predicted octanol–water partition coefficient (Wildman–Crippen LogP) is 2.66. The Balaban J connectivity index is 2.24. The van der Waals surface area contributed by atoms with Gasteiger partial charge in [0.2, 0.25) is 0 Å². The average Bonchev–Trinajstić information content (AvgIpc) is 2.64. The Morgan fingerprint density at radius 2 is 2.24 bits per heavy atom. The molecule has 1 rings (SSSR count). The van der Waals surface area contributed by atoms with Gasteiger partial charge in [-0.2, -0.15) is 0 Å². The lowest BCUT2D eigenvalue weighted by Crippen LogP contribution is -2.31. The summed E-state index contributed by atoms with van der Waals surface area (Å²) in [5.74, 6) is 1.72. The van der Waals surface area contributed by atoms with Crippen molar-refractivity contribution < 1.29 is 4.42 Å². The van der Waals surface area contributed by atoms with Crippen LogP contribution in [0.25, 0.3) is 0 Å². The molecule has 0 bridgehead atoms. The Kier molecular flexibility index (Phi) is 6.30. The van der Waals surface area contributed by atoms with E-state index in [2.05, 4.69) is 37.2 Å². The van der Waals surface area contributed by atoms with E-state index in [0.29, 0.717) is 5.92 Å². The third-order valence-electron chi connectivity index (χ3n) is 2.95. The molecule has 0 aliphatic carbocycles. The SMILES string of the molecule is CCCNCC(C)CN(C)Cc1ccoc1C. The van der Waals surface area contributed by atoms with Gasteiger partial charge in [-0.1, -0.05) is 13.8 Å². The zero-order valence-corrected chi connectivity index (χ0v) is 11.6. The van der Waals surface area contributed by atoms with Crippen LogP contribution in [-0.2, 0) is 6.54 Å². The van der Waals surface area contributed by atoms with Gasteiger partial charge in [0.05, 0.1) is 6.26 Å². The average molecular weight is 238 g/mol. The Hall–Kier alpha value is -0.800. The van der Waals surface area contributed by atoms with Crippen LogP contribution in [0.2, 0.25) is 0 Å². The minimum Gasteiger partial charge on any atom is -0.469 e. The van der Waals surface area contributed by atoms with Crippen LogP contribution in [0.4, 0.5) is 0 Å². The lowest BCUT2D eigenvalue weighted by Gasteiger charge is -2.21. The molecule has 0 radical (unpaired) electrons. The van der Waals surface area contributed by atoms with Crippen LogP contribution in [0.5, 0.6) is 0 Å². The molecule has 0 saturated carbocycles. The summed E-state index contributed by atoms with van der Waals surface area (Å²) >= 11 is 0. The molecule has 1 aromatic heterocycles. The first-order valence-electron chi connectivity index (χ1n) is 6.55. The van der Waals surface area contributed by atoms with E-state index < -0.39 is 0 Å². The molecule has 3 heteroatoms. The molecule has 0 fully saturated rings. The van der Waals surface area contributed by atoms with Crippen LogP contribution in [0, 0.1) is 12.8 Å². The molecule has 3 nitrogen and oxygen atoms in total. The largest absolute Gasteiger partial charge is 0.469 e. The molecule has 0 aliphatic rings. The van der Waals surface area contributed by atoms with Crippen molar-refractivity contribution in [3.05, 3.63) is 23.7 Å². The van der Waals surface area contributed by atoms with Gasteiger partial charge in [-0.3, -0.25) is 0 Å². The van der Waals surface area contributed by atoms with Crippen molar-refractivity contribution in [1.82, 2.24) is 10.2 Å². The van der Waals surface area contributed by atoms with Gasteiger partial charge in [0.25, 0.3) is 0 Å². The minimum atomic E-state index is 0.679. The molecule has 0 aromatic carbocycles.